The summed E-state index contributed by atoms with van der Waals surface area (Å²) in [5.41, 5.74) is 10.2. The van der Waals surface area contributed by atoms with Crippen molar-refractivity contribution in [3.8, 4) is 0 Å². The van der Waals surface area contributed by atoms with E-state index in [4.69, 9.17) is 0 Å². The fraction of sp³-hybridized carbons (Fsp3) is 0.0714. The first-order chi connectivity index (χ1) is 8.43. The van der Waals surface area contributed by atoms with Gasteiger partial charge in [-0.1, -0.05) is 24.3 Å². The van der Waals surface area contributed by atoms with Crippen molar-refractivity contribution in [2.24, 2.45) is 5.10 Å². The van der Waals surface area contributed by atoms with Gasteiger partial charge in [-0.15, -0.1) is 0 Å². The van der Waals surface area contributed by atoms with Crippen LogP contribution in [0.2, 0.25) is 0 Å². The summed E-state index contributed by atoms with van der Waals surface area (Å²) < 4.78 is 0. The zero-order valence-electron chi connectivity index (χ0n) is 9.20. The van der Waals surface area contributed by atoms with Gasteiger partial charge in [0.05, 0.1) is 11.4 Å². The molecule has 3 heteroatoms. The van der Waals surface area contributed by atoms with Crippen molar-refractivity contribution in [2.45, 2.75) is 0 Å². The second-order valence-electron chi connectivity index (χ2n) is 4.30. The molecule has 0 unspecified atom stereocenters. The SMILES string of the molecule is C1=Cc2cccc3c2C1=NNC1=CCNC=C13. The highest BCUT2D eigenvalue weighted by atomic mass is 15.3. The summed E-state index contributed by atoms with van der Waals surface area (Å²) in [7, 11) is 0. The molecule has 0 spiro atoms. The molecule has 82 valence electrons. The van der Waals surface area contributed by atoms with Gasteiger partial charge >= 0.3 is 0 Å². The largest absolute Gasteiger partial charge is 0.387 e. The molecule has 0 fully saturated rings. The van der Waals surface area contributed by atoms with Crippen LogP contribution in [-0.2, 0) is 0 Å². The molecule has 0 saturated heterocycles. The van der Waals surface area contributed by atoms with Crippen molar-refractivity contribution in [1.29, 1.82) is 0 Å². The van der Waals surface area contributed by atoms with Crippen LogP contribution in [0.3, 0.4) is 0 Å². The minimum atomic E-state index is 0.849. The number of benzene rings is 1. The molecular weight excluding hydrogens is 210 g/mol. The van der Waals surface area contributed by atoms with Crippen LogP contribution in [0.25, 0.3) is 11.6 Å². The van der Waals surface area contributed by atoms with Crippen molar-refractivity contribution < 1.29 is 0 Å². The minimum Gasteiger partial charge on any atom is -0.387 e. The molecule has 3 nitrogen and oxygen atoms in total. The van der Waals surface area contributed by atoms with Gasteiger partial charge in [0.25, 0.3) is 0 Å². The number of hydrogen-bond donors (Lipinski definition) is 2. The van der Waals surface area contributed by atoms with Crippen LogP contribution in [0.4, 0.5) is 0 Å². The lowest BCUT2D eigenvalue weighted by molar-refractivity contribution is 0.879. The number of hydrogen-bond acceptors (Lipinski definition) is 3. The maximum Gasteiger partial charge on any atom is 0.0918 e. The summed E-state index contributed by atoms with van der Waals surface area (Å²) in [6.07, 6.45) is 8.37. The first kappa shape index (κ1) is 8.82. The van der Waals surface area contributed by atoms with Crippen LogP contribution < -0.4 is 10.7 Å². The van der Waals surface area contributed by atoms with E-state index in [1.165, 1.54) is 22.3 Å². The first-order valence-electron chi connectivity index (χ1n) is 5.73. The zero-order chi connectivity index (χ0) is 11.2. The molecular formula is C14H11N3. The van der Waals surface area contributed by atoms with E-state index >= 15 is 0 Å². The molecule has 2 heterocycles. The topological polar surface area (TPSA) is 36.4 Å². The molecule has 1 aromatic carbocycles. The molecule has 17 heavy (non-hydrogen) atoms. The van der Waals surface area contributed by atoms with E-state index in [-0.39, 0.29) is 0 Å². The highest BCUT2D eigenvalue weighted by molar-refractivity contribution is 6.20. The van der Waals surface area contributed by atoms with Crippen LogP contribution in [0.15, 0.2) is 47.3 Å². The predicted molar refractivity (Wildman–Crippen MR) is 69.2 cm³/mol. The van der Waals surface area contributed by atoms with Crippen molar-refractivity contribution >= 4 is 17.4 Å². The molecule has 1 aliphatic carbocycles. The lowest BCUT2D eigenvalue weighted by Gasteiger charge is -2.16. The average molecular weight is 221 g/mol. The van der Waals surface area contributed by atoms with E-state index in [2.05, 4.69) is 58.5 Å². The maximum absolute atomic E-state index is 4.46. The molecule has 0 aromatic heterocycles. The molecule has 0 bridgehead atoms. The normalized spacial score (nSPS) is 18.9. The summed E-state index contributed by atoms with van der Waals surface area (Å²) >= 11 is 0. The van der Waals surface area contributed by atoms with Gasteiger partial charge in [-0.25, -0.2) is 0 Å². The van der Waals surface area contributed by atoms with Gasteiger partial charge < -0.3 is 5.32 Å². The third-order valence-corrected chi connectivity index (χ3v) is 3.32. The Morgan fingerprint density at radius 2 is 2.18 bits per heavy atom. The van der Waals surface area contributed by atoms with E-state index < -0.39 is 0 Å². The van der Waals surface area contributed by atoms with Gasteiger partial charge in [-0.05, 0) is 23.3 Å². The number of dihydropyridines is 1. The number of fused-ring (bicyclic) bond motifs is 2. The molecule has 0 saturated carbocycles. The third-order valence-electron chi connectivity index (χ3n) is 3.32. The predicted octanol–water partition coefficient (Wildman–Crippen LogP) is 1.85. The Kier molecular flexibility index (Phi) is 1.61. The monoisotopic (exact) mass is 221 g/mol. The van der Waals surface area contributed by atoms with Crippen molar-refractivity contribution in [2.75, 3.05) is 6.54 Å². The van der Waals surface area contributed by atoms with Crippen LogP contribution in [-0.4, -0.2) is 12.3 Å². The van der Waals surface area contributed by atoms with E-state index in [0.29, 0.717) is 0 Å². The number of allylic oxidation sites excluding steroid dienone is 2. The summed E-state index contributed by atoms with van der Waals surface area (Å²) in [4.78, 5) is 0. The van der Waals surface area contributed by atoms with E-state index in [0.717, 1.165) is 18.0 Å². The molecule has 0 amide bonds. The Morgan fingerprint density at radius 1 is 1.18 bits per heavy atom. The summed E-state index contributed by atoms with van der Waals surface area (Å²) in [5, 5.41) is 7.72. The fourth-order valence-corrected chi connectivity index (χ4v) is 2.52. The highest BCUT2D eigenvalue weighted by Crippen LogP contribution is 2.33. The van der Waals surface area contributed by atoms with Gasteiger partial charge in [-0.2, -0.15) is 5.10 Å². The lowest BCUT2D eigenvalue weighted by Crippen LogP contribution is -2.17. The average Bonchev–Trinajstić information content (AvgIpc) is 2.72. The Labute approximate surface area is 99.2 Å². The van der Waals surface area contributed by atoms with Crippen molar-refractivity contribution in [1.82, 2.24) is 10.7 Å². The van der Waals surface area contributed by atoms with Crippen LogP contribution in [0, 0.1) is 0 Å². The van der Waals surface area contributed by atoms with Crippen molar-refractivity contribution in [3.05, 3.63) is 58.9 Å². The molecule has 4 rings (SSSR count). The highest BCUT2D eigenvalue weighted by Gasteiger charge is 2.24. The molecule has 0 radical (unpaired) electrons. The maximum atomic E-state index is 4.46. The van der Waals surface area contributed by atoms with Gasteiger partial charge in [-0.3, -0.25) is 5.43 Å². The second-order valence-corrected chi connectivity index (χ2v) is 4.30. The Morgan fingerprint density at radius 3 is 3.18 bits per heavy atom. The number of nitrogens with one attached hydrogen (secondary N) is 2. The minimum absolute atomic E-state index is 0.849. The quantitative estimate of drug-likeness (QED) is 0.701. The molecule has 0 atom stereocenters. The van der Waals surface area contributed by atoms with Gasteiger partial charge in [0, 0.05) is 23.9 Å². The number of rotatable bonds is 0. The molecule has 1 aromatic rings. The van der Waals surface area contributed by atoms with Crippen LogP contribution in [0.1, 0.15) is 16.7 Å². The van der Waals surface area contributed by atoms with E-state index in [1.54, 1.807) is 0 Å². The van der Waals surface area contributed by atoms with Gasteiger partial charge in [0.15, 0.2) is 0 Å². The van der Waals surface area contributed by atoms with Gasteiger partial charge in [0.1, 0.15) is 0 Å². The Bertz CT molecular complexity index is 633. The Hall–Kier alpha value is -2.29. The lowest BCUT2D eigenvalue weighted by atomic mass is 9.94. The number of hydrazone groups is 1. The fourth-order valence-electron chi connectivity index (χ4n) is 2.52. The molecule has 2 N–H and O–H groups in total. The van der Waals surface area contributed by atoms with Gasteiger partial charge in [0.2, 0.25) is 0 Å². The van der Waals surface area contributed by atoms with Crippen molar-refractivity contribution in [3.63, 3.8) is 0 Å². The summed E-state index contributed by atoms with van der Waals surface area (Å²) in [6.45, 7) is 0.849. The van der Waals surface area contributed by atoms with E-state index in [9.17, 15) is 0 Å². The third kappa shape index (κ3) is 1.13. The summed E-state index contributed by atoms with van der Waals surface area (Å²) in [6, 6.07) is 6.38. The van der Waals surface area contributed by atoms with Crippen LogP contribution in [0.5, 0.6) is 0 Å². The van der Waals surface area contributed by atoms with Crippen LogP contribution >= 0.6 is 0 Å². The zero-order valence-corrected chi connectivity index (χ0v) is 9.20. The first-order valence-corrected chi connectivity index (χ1v) is 5.73. The number of nitrogens with zero attached hydrogens (tertiary/aromatic N) is 1. The molecule has 3 aliphatic rings. The summed E-state index contributed by atoms with van der Waals surface area (Å²) in [5.74, 6) is 0. The second kappa shape index (κ2) is 3.10. The standard InChI is InChI=1S/C14H11N3/c1-2-9-4-5-13-14(9)10(3-1)11-8-15-7-6-12(11)16-17-13/h1-6,8,15-16H,7H2. The molecule has 2 aliphatic heterocycles. The Balaban J connectivity index is 2.05. The van der Waals surface area contributed by atoms with E-state index in [1.807, 2.05) is 0 Å². The smallest absolute Gasteiger partial charge is 0.0918 e.